The van der Waals surface area contributed by atoms with Gasteiger partial charge in [0, 0.05) is 0 Å². The number of carbonyl (C=O) groups excluding carboxylic acids is 1. The van der Waals surface area contributed by atoms with E-state index < -0.39 is 0 Å². The van der Waals surface area contributed by atoms with Crippen LogP contribution in [-0.2, 0) is 6.54 Å². The summed E-state index contributed by atoms with van der Waals surface area (Å²) >= 11 is -0.187. The molecule has 0 spiro atoms. The zero-order valence-electron chi connectivity index (χ0n) is 12.4. The Labute approximate surface area is 138 Å². The van der Waals surface area contributed by atoms with Crippen molar-refractivity contribution in [3.8, 4) is 0 Å². The van der Waals surface area contributed by atoms with Crippen molar-refractivity contribution in [1.82, 2.24) is 4.90 Å². The van der Waals surface area contributed by atoms with Gasteiger partial charge in [0.05, 0.1) is 0 Å². The molecule has 112 valence electrons. The summed E-state index contributed by atoms with van der Waals surface area (Å²) < 4.78 is 1.11. The molecule has 0 aliphatic carbocycles. The number of amides is 1. The fraction of sp³-hybridized carbons (Fsp3) is 0.158. The van der Waals surface area contributed by atoms with E-state index in [1.165, 1.54) is 0 Å². The van der Waals surface area contributed by atoms with Crippen molar-refractivity contribution in [3.63, 3.8) is 0 Å². The van der Waals surface area contributed by atoms with Crippen molar-refractivity contribution in [2.45, 2.75) is 13.0 Å². The third-order valence-electron chi connectivity index (χ3n) is 3.11. The van der Waals surface area contributed by atoms with E-state index in [0.717, 1.165) is 16.4 Å². The normalized spacial score (nSPS) is 9.82. The molecular formula is C19H19NOSe. The first-order valence-corrected chi connectivity index (χ1v) is 8.91. The molecule has 2 aromatic rings. The Balaban J connectivity index is 2.05. The summed E-state index contributed by atoms with van der Waals surface area (Å²) in [7, 11) is 0. The molecule has 0 radical (unpaired) electrons. The van der Waals surface area contributed by atoms with Crippen LogP contribution in [0.4, 0.5) is 4.79 Å². The Morgan fingerprint density at radius 2 is 1.73 bits per heavy atom. The van der Waals surface area contributed by atoms with Crippen LogP contribution in [0.3, 0.4) is 0 Å². The predicted molar refractivity (Wildman–Crippen MR) is 92.4 cm³/mol. The van der Waals surface area contributed by atoms with Crippen LogP contribution >= 0.6 is 0 Å². The molecule has 0 N–H and O–H groups in total. The molecule has 2 nitrogen and oxygen atoms in total. The number of nitrogens with zero attached hydrogens (tertiary/aromatic N) is 1. The van der Waals surface area contributed by atoms with Gasteiger partial charge in [-0.1, -0.05) is 0 Å². The van der Waals surface area contributed by atoms with E-state index in [0.29, 0.717) is 13.1 Å². The van der Waals surface area contributed by atoms with E-state index in [9.17, 15) is 4.79 Å². The van der Waals surface area contributed by atoms with E-state index in [1.807, 2.05) is 59.5 Å². The third-order valence-corrected chi connectivity index (χ3v) is 5.08. The monoisotopic (exact) mass is 357 g/mol. The van der Waals surface area contributed by atoms with Crippen LogP contribution in [0.1, 0.15) is 12.0 Å². The van der Waals surface area contributed by atoms with Crippen LogP contribution in [-0.4, -0.2) is 31.2 Å². The topological polar surface area (TPSA) is 20.3 Å². The minimum atomic E-state index is -0.187. The summed E-state index contributed by atoms with van der Waals surface area (Å²) in [5, 5.41) is 0. The van der Waals surface area contributed by atoms with E-state index >= 15 is 0 Å². The predicted octanol–water partition coefficient (Wildman–Crippen LogP) is 3.37. The Bertz CT molecular complexity index is 633. The molecule has 0 aromatic heterocycles. The summed E-state index contributed by atoms with van der Waals surface area (Å²) in [5.74, 6) is 0. The SMILES string of the molecule is C=C=CCCN(Cc1ccccc1)C(=O)[Se]c1ccccc1. The van der Waals surface area contributed by atoms with Crippen LogP contribution in [0, 0.1) is 0 Å². The molecule has 0 aliphatic rings. The van der Waals surface area contributed by atoms with Gasteiger partial charge in [-0.05, 0) is 0 Å². The van der Waals surface area contributed by atoms with Gasteiger partial charge in [-0.15, -0.1) is 0 Å². The first-order chi connectivity index (χ1) is 10.8. The number of benzene rings is 2. The minimum absolute atomic E-state index is 0.187. The number of carbonyl (C=O) groups is 1. The second-order valence-electron chi connectivity index (χ2n) is 4.79. The van der Waals surface area contributed by atoms with Gasteiger partial charge in [0.1, 0.15) is 0 Å². The number of hydrogen-bond acceptors (Lipinski definition) is 1. The molecule has 1 amide bonds. The van der Waals surface area contributed by atoms with Crippen LogP contribution in [0.15, 0.2) is 79.0 Å². The molecule has 0 atom stereocenters. The molecular weight excluding hydrogens is 337 g/mol. The zero-order chi connectivity index (χ0) is 15.6. The van der Waals surface area contributed by atoms with Crippen molar-refractivity contribution < 1.29 is 4.79 Å². The van der Waals surface area contributed by atoms with E-state index in [4.69, 9.17) is 0 Å². The van der Waals surface area contributed by atoms with Crippen molar-refractivity contribution in [1.29, 1.82) is 0 Å². The van der Waals surface area contributed by atoms with Gasteiger partial charge in [0.25, 0.3) is 0 Å². The molecule has 0 fully saturated rings. The standard InChI is InChI=1S/C19H19NOSe/c1-2-3-10-15-20(16-17-11-6-4-7-12-17)19(21)22-18-13-8-5-9-14-18/h3-9,11-14H,1,10,15-16H2. The first-order valence-electron chi connectivity index (χ1n) is 7.19. The van der Waals surface area contributed by atoms with Crippen LogP contribution < -0.4 is 4.46 Å². The van der Waals surface area contributed by atoms with E-state index in [1.54, 1.807) is 0 Å². The molecule has 0 saturated carbocycles. The zero-order valence-corrected chi connectivity index (χ0v) is 14.2. The van der Waals surface area contributed by atoms with Crippen molar-refractivity contribution in [2.24, 2.45) is 0 Å². The molecule has 0 bridgehead atoms. The van der Waals surface area contributed by atoms with Crippen molar-refractivity contribution in [2.75, 3.05) is 6.54 Å². The van der Waals surface area contributed by atoms with Crippen molar-refractivity contribution in [3.05, 3.63) is 84.6 Å². The maximum absolute atomic E-state index is 12.6. The molecule has 22 heavy (non-hydrogen) atoms. The van der Waals surface area contributed by atoms with Gasteiger partial charge < -0.3 is 0 Å². The van der Waals surface area contributed by atoms with Gasteiger partial charge in [0.15, 0.2) is 0 Å². The molecule has 0 aliphatic heterocycles. The Hall–Kier alpha value is -2.05. The van der Waals surface area contributed by atoms with Gasteiger partial charge in [0.2, 0.25) is 0 Å². The summed E-state index contributed by atoms with van der Waals surface area (Å²) in [6.45, 7) is 4.93. The van der Waals surface area contributed by atoms with Crippen LogP contribution in [0.25, 0.3) is 0 Å². The molecule has 0 unspecified atom stereocenters. The molecule has 2 aromatic carbocycles. The second kappa shape index (κ2) is 9.07. The average molecular weight is 356 g/mol. The van der Waals surface area contributed by atoms with Crippen molar-refractivity contribution >= 4 is 24.2 Å². The average Bonchev–Trinajstić information content (AvgIpc) is 2.56. The summed E-state index contributed by atoms with van der Waals surface area (Å²) in [6.07, 6.45) is 2.66. The quantitative estimate of drug-likeness (QED) is 0.550. The van der Waals surface area contributed by atoms with Gasteiger partial charge >= 0.3 is 138 Å². The Morgan fingerprint density at radius 1 is 1.09 bits per heavy atom. The van der Waals surface area contributed by atoms with Gasteiger partial charge in [-0.2, -0.15) is 0 Å². The second-order valence-corrected chi connectivity index (χ2v) is 6.94. The fourth-order valence-electron chi connectivity index (χ4n) is 2.02. The summed E-state index contributed by atoms with van der Waals surface area (Å²) in [6, 6.07) is 20.1. The van der Waals surface area contributed by atoms with Gasteiger partial charge in [-0.3, -0.25) is 0 Å². The fourth-order valence-corrected chi connectivity index (χ4v) is 3.65. The molecule has 3 heteroatoms. The first kappa shape index (κ1) is 16.3. The van der Waals surface area contributed by atoms with Crippen LogP contribution in [0.2, 0.25) is 0 Å². The molecule has 0 heterocycles. The molecule has 2 rings (SSSR count). The Morgan fingerprint density at radius 3 is 2.36 bits per heavy atom. The molecule has 0 saturated heterocycles. The van der Waals surface area contributed by atoms with Gasteiger partial charge in [-0.25, -0.2) is 0 Å². The number of rotatable bonds is 7. The third kappa shape index (κ3) is 5.38. The summed E-state index contributed by atoms with van der Waals surface area (Å²) in [5.41, 5.74) is 3.92. The maximum atomic E-state index is 12.6. The summed E-state index contributed by atoms with van der Waals surface area (Å²) in [4.78, 5) is 14.8. The van der Waals surface area contributed by atoms with E-state index in [-0.39, 0.29) is 19.8 Å². The van der Waals surface area contributed by atoms with E-state index in [2.05, 4.69) is 24.4 Å². The Kier molecular flexibility index (Phi) is 6.73. The van der Waals surface area contributed by atoms with Crippen LogP contribution in [0.5, 0.6) is 0 Å². The number of hydrogen-bond donors (Lipinski definition) is 0.